The van der Waals surface area contributed by atoms with E-state index < -0.39 is 11.8 Å². The summed E-state index contributed by atoms with van der Waals surface area (Å²) in [7, 11) is 0. The van der Waals surface area contributed by atoms with E-state index in [0.29, 0.717) is 12.8 Å². The Morgan fingerprint density at radius 3 is 2.35 bits per heavy atom. The van der Waals surface area contributed by atoms with E-state index in [0.717, 1.165) is 5.56 Å². The van der Waals surface area contributed by atoms with Gasteiger partial charge in [-0.2, -0.15) is 0 Å². The number of hydroxylamine groups is 1. The fourth-order valence-electron chi connectivity index (χ4n) is 3.76. The van der Waals surface area contributed by atoms with Crippen LogP contribution in [0.2, 0.25) is 0 Å². The largest absolute Gasteiger partial charge is 0.353 e. The van der Waals surface area contributed by atoms with E-state index in [2.05, 4.69) is 5.32 Å². The van der Waals surface area contributed by atoms with E-state index >= 15 is 0 Å². The predicted molar refractivity (Wildman–Crippen MR) is 97.4 cm³/mol. The maximum absolute atomic E-state index is 12.8. The summed E-state index contributed by atoms with van der Waals surface area (Å²) in [6.07, 6.45) is 0.904. The van der Waals surface area contributed by atoms with E-state index in [9.17, 15) is 14.4 Å². The molecule has 0 radical (unpaired) electrons. The van der Waals surface area contributed by atoms with Crippen molar-refractivity contribution in [1.82, 2.24) is 10.8 Å². The van der Waals surface area contributed by atoms with Gasteiger partial charge in [0.2, 0.25) is 11.8 Å². The highest BCUT2D eigenvalue weighted by atomic mass is 16.5. The molecule has 26 heavy (non-hydrogen) atoms. The van der Waals surface area contributed by atoms with E-state index in [1.165, 1.54) is 6.92 Å². The lowest BCUT2D eigenvalue weighted by molar-refractivity contribution is -0.134. The molecule has 0 saturated heterocycles. The summed E-state index contributed by atoms with van der Waals surface area (Å²) >= 11 is 0. The van der Waals surface area contributed by atoms with Crippen LogP contribution in [0.3, 0.4) is 0 Å². The average Bonchev–Trinajstić information content (AvgIpc) is 3.25. The fourth-order valence-corrected chi connectivity index (χ4v) is 3.76. The van der Waals surface area contributed by atoms with Crippen LogP contribution in [0.1, 0.15) is 51.5 Å². The number of amides is 2. The molecule has 0 spiro atoms. The third-order valence-electron chi connectivity index (χ3n) is 4.93. The summed E-state index contributed by atoms with van der Waals surface area (Å²) in [6, 6.07) is 9.80. The van der Waals surface area contributed by atoms with Crippen molar-refractivity contribution in [2.75, 3.05) is 0 Å². The van der Waals surface area contributed by atoms with Gasteiger partial charge in [-0.1, -0.05) is 44.2 Å². The third kappa shape index (κ3) is 5.39. The summed E-state index contributed by atoms with van der Waals surface area (Å²) in [5, 5.41) is 11.7. The molecule has 142 valence electrons. The van der Waals surface area contributed by atoms with Crippen molar-refractivity contribution in [2.24, 2.45) is 17.8 Å². The van der Waals surface area contributed by atoms with E-state index in [-0.39, 0.29) is 41.9 Å². The quantitative estimate of drug-likeness (QED) is 0.465. The molecule has 0 aliphatic heterocycles. The molecule has 1 aromatic rings. The van der Waals surface area contributed by atoms with Gasteiger partial charge >= 0.3 is 0 Å². The van der Waals surface area contributed by atoms with Crippen LogP contribution >= 0.6 is 0 Å². The first-order valence-corrected chi connectivity index (χ1v) is 9.11. The molecule has 2 amide bonds. The van der Waals surface area contributed by atoms with Crippen molar-refractivity contribution >= 4 is 17.6 Å². The maximum Gasteiger partial charge on any atom is 0.244 e. The van der Waals surface area contributed by atoms with Gasteiger partial charge < -0.3 is 5.32 Å². The fraction of sp³-hybridized carbons (Fsp3) is 0.550. The van der Waals surface area contributed by atoms with Gasteiger partial charge in [-0.3, -0.25) is 19.6 Å². The van der Waals surface area contributed by atoms with Crippen LogP contribution in [0.25, 0.3) is 0 Å². The normalized spacial score (nSPS) is 22.6. The average molecular weight is 360 g/mol. The Morgan fingerprint density at radius 1 is 1.15 bits per heavy atom. The Kier molecular flexibility index (Phi) is 6.91. The molecule has 1 aliphatic carbocycles. The van der Waals surface area contributed by atoms with Crippen LogP contribution in [0.4, 0.5) is 0 Å². The van der Waals surface area contributed by atoms with Gasteiger partial charge in [0, 0.05) is 37.6 Å². The Labute approximate surface area is 154 Å². The van der Waals surface area contributed by atoms with Gasteiger partial charge in [-0.15, -0.1) is 0 Å². The van der Waals surface area contributed by atoms with Gasteiger partial charge in [0.05, 0.1) is 0 Å². The summed E-state index contributed by atoms with van der Waals surface area (Å²) in [5.41, 5.74) is 2.72. The zero-order chi connectivity index (χ0) is 19.3. The summed E-state index contributed by atoms with van der Waals surface area (Å²) < 4.78 is 0. The van der Waals surface area contributed by atoms with Crippen molar-refractivity contribution in [3.8, 4) is 0 Å². The molecule has 2 rings (SSSR count). The molecular formula is C20H28N2O4. The van der Waals surface area contributed by atoms with Gasteiger partial charge in [0.1, 0.15) is 5.78 Å². The van der Waals surface area contributed by atoms with E-state index in [1.54, 1.807) is 5.48 Å². The zero-order valence-electron chi connectivity index (χ0n) is 15.6. The number of nitrogens with one attached hydrogen (secondary N) is 2. The van der Waals surface area contributed by atoms with Gasteiger partial charge in [-0.05, 0) is 23.8 Å². The summed E-state index contributed by atoms with van der Waals surface area (Å²) in [4.78, 5) is 35.8. The predicted octanol–water partition coefficient (Wildman–Crippen LogP) is 2.42. The van der Waals surface area contributed by atoms with E-state index in [1.807, 2.05) is 44.2 Å². The second-order valence-electron chi connectivity index (χ2n) is 7.56. The molecule has 6 nitrogen and oxygen atoms in total. The molecule has 0 unspecified atom stereocenters. The number of ketones is 1. The topological polar surface area (TPSA) is 95.5 Å². The minimum atomic E-state index is -0.544. The number of carbonyl (C=O) groups excluding carboxylic acids is 3. The van der Waals surface area contributed by atoms with E-state index in [4.69, 9.17) is 5.21 Å². The molecular weight excluding hydrogens is 332 g/mol. The minimum Gasteiger partial charge on any atom is -0.353 e. The molecule has 0 bridgehead atoms. The highest BCUT2D eigenvalue weighted by molar-refractivity contribution is 5.87. The Bertz CT molecular complexity index is 644. The lowest BCUT2D eigenvalue weighted by atomic mass is 9.87. The number of hydrogen-bond donors (Lipinski definition) is 3. The lowest BCUT2D eigenvalue weighted by Crippen LogP contribution is -2.28. The van der Waals surface area contributed by atoms with Crippen LogP contribution in [0.5, 0.6) is 0 Å². The first-order chi connectivity index (χ1) is 12.3. The monoisotopic (exact) mass is 360 g/mol. The molecule has 0 aromatic heterocycles. The third-order valence-corrected chi connectivity index (χ3v) is 4.93. The van der Waals surface area contributed by atoms with Crippen molar-refractivity contribution < 1.29 is 19.6 Å². The van der Waals surface area contributed by atoms with Crippen molar-refractivity contribution in [2.45, 2.75) is 52.0 Å². The first kappa shape index (κ1) is 20.1. The van der Waals surface area contributed by atoms with Crippen LogP contribution in [-0.2, 0) is 14.4 Å². The highest BCUT2D eigenvalue weighted by Crippen LogP contribution is 2.50. The molecule has 6 heteroatoms. The summed E-state index contributed by atoms with van der Waals surface area (Å²) in [5.74, 6) is -0.623. The maximum atomic E-state index is 12.8. The SMILES string of the molecule is CC(=O)N[C@@H]1[C@@H](CC(=O)[C@@H](CC(=O)NO)CC(C)C)[C@@H]1c1ccccc1. The Hall–Kier alpha value is -2.21. The van der Waals surface area contributed by atoms with Crippen molar-refractivity contribution in [3.63, 3.8) is 0 Å². The molecule has 1 saturated carbocycles. The molecule has 1 aromatic carbocycles. The first-order valence-electron chi connectivity index (χ1n) is 9.11. The van der Waals surface area contributed by atoms with Crippen LogP contribution in [0.15, 0.2) is 30.3 Å². The van der Waals surface area contributed by atoms with Gasteiger partial charge in [0.15, 0.2) is 0 Å². The minimum absolute atomic E-state index is 0.0129. The second-order valence-corrected chi connectivity index (χ2v) is 7.56. The van der Waals surface area contributed by atoms with Crippen LogP contribution < -0.4 is 10.8 Å². The molecule has 1 aliphatic rings. The van der Waals surface area contributed by atoms with Gasteiger partial charge in [-0.25, -0.2) is 5.48 Å². The lowest BCUT2D eigenvalue weighted by Gasteiger charge is -2.17. The number of benzene rings is 1. The smallest absolute Gasteiger partial charge is 0.244 e. The number of carbonyl (C=O) groups is 3. The van der Waals surface area contributed by atoms with Crippen LogP contribution in [-0.4, -0.2) is 28.8 Å². The van der Waals surface area contributed by atoms with Crippen LogP contribution in [0, 0.1) is 17.8 Å². The highest BCUT2D eigenvalue weighted by Gasteiger charge is 2.52. The molecule has 0 heterocycles. The summed E-state index contributed by atoms with van der Waals surface area (Å²) in [6.45, 7) is 5.48. The van der Waals surface area contributed by atoms with Crippen molar-refractivity contribution in [1.29, 1.82) is 0 Å². The van der Waals surface area contributed by atoms with Gasteiger partial charge in [0.25, 0.3) is 0 Å². The number of hydrogen-bond acceptors (Lipinski definition) is 4. The second kappa shape index (κ2) is 8.94. The molecule has 4 atom stereocenters. The molecule has 3 N–H and O–H groups in total. The number of Topliss-reactive ketones (excluding diaryl/α,β-unsaturated/α-hetero) is 1. The zero-order valence-corrected chi connectivity index (χ0v) is 15.6. The Morgan fingerprint density at radius 2 is 1.81 bits per heavy atom. The molecule has 1 fully saturated rings. The van der Waals surface area contributed by atoms with Crippen molar-refractivity contribution in [3.05, 3.63) is 35.9 Å². The Balaban J connectivity index is 2.08. The standard InChI is InChI=1S/C20H28N2O4/c1-12(2)9-15(10-18(25)22-26)17(24)11-16-19(20(16)21-13(3)23)14-7-5-4-6-8-14/h4-8,12,15-16,19-20,26H,9-11H2,1-3H3,(H,21,23)(H,22,25)/t15-,16+,19+,20-/m1/s1. The number of rotatable bonds is 9.